The van der Waals surface area contributed by atoms with Crippen LogP contribution in [0.2, 0.25) is 0 Å². The van der Waals surface area contributed by atoms with Crippen molar-refractivity contribution in [2.45, 2.75) is 19.4 Å². The van der Waals surface area contributed by atoms with E-state index in [1.165, 1.54) is 0 Å². The number of halogens is 1. The fraction of sp³-hybridized carbons (Fsp3) is 0.438. The maximum Gasteiger partial charge on any atom is 0.329 e. The fourth-order valence-electron chi connectivity index (χ4n) is 2.92. The molecule has 1 aromatic heterocycles. The van der Waals surface area contributed by atoms with Crippen molar-refractivity contribution in [2.24, 2.45) is 5.92 Å². The van der Waals surface area contributed by atoms with Gasteiger partial charge >= 0.3 is 5.69 Å². The van der Waals surface area contributed by atoms with Crippen LogP contribution in [0.1, 0.15) is 12.8 Å². The second-order valence-electron chi connectivity index (χ2n) is 5.86. The van der Waals surface area contributed by atoms with Crippen LogP contribution in [0, 0.1) is 5.92 Å². The van der Waals surface area contributed by atoms with Crippen molar-refractivity contribution >= 4 is 29.2 Å². The molecule has 1 amide bonds. The lowest BCUT2D eigenvalue weighted by molar-refractivity contribution is -0.121. The predicted molar refractivity (Wildman–Crippen MR) is 94.7 cm³/mol. The highest BCUT2D eigenvalue weighted by atomic mass is 35.5. The van der Waals surface area contributed by atoms with Gasteiger partial charge in [-0.25, -0.2) is 4.79 Å². The normalized spacial score (nSPS) is 16.8. The van der Waals surface area contributed by atoms with E-state index in [0.717, 1.165) is 30.5 Å². The molecule has 3 N–H and O–H groups in total. The van der Waals surface area contributed by atoms with Crippen molar-refractivity contribution in [3.8, 4) is 0 Å². The molecule has 0 saturated carbocycles. The zero-order chi connectivity index (χ0) is 16.2. The number of nitrogens with one attached hydrogen (secondary N) is 3. The van der Waals surface area contributed by atoms with Crippen molar-refractivity contribution in [3.63, 3.8) is 0 Å². The number of para-hydroxylation sites is 1. The lowest BCUT2D eigenvalue weighted by Gasteiger charge is -2.10. The maximum atomic E-state index is 12.3. The van der Waals surface area contributed by atoms with Crippen LogP contribution in [-0.4, -0.2) is 35.1 Å². The molecule has 0 spiro atoms. The molecular weight excluding hydrogens is 332 g/mol. The molecule has 1 saturated heterocycles. The molecule has 2 aromatic rings. The average Bonchev–Trinajstić information content (AvgIpc) is 3.05. The van der Waals surface area contributed by atoms with E-state index in [1.54, 1.807) is 24.3 Å². The van der Waals surface area contributed by atoms with E-state index in [0.29, 0.717) is 23.4 Å². The number of benzene rings is 1. The maximum absolute atomic E-state index is 12.3. The van der Waals surface area contributed by atoms with Gasteiger partial charge in [-0.1, -0.05) is 12.1 Å². The van der Waals surface area contributed by atoms with Gasteiger partial charge in [0.15, 0.2) is 0 Å². The zero-order valence-electron chi connectivity index (χ0n) is 13.2. The lowest BCUT2D eigenvalue weighted by atomic mass is 10.1. The molecule has 24 heavy (non-hydrogen) atoms. The molecule has 130 valence electrons. The van der Waals surface area contributed by atoms with Crippen LogP contribution in [0.3, 0.4) is 0 Å². The van der Waals surface area contributed by atoms with E-state index >= 15 is 0 Å². The van der Waals surface area contributed by atoms with Crippen LogP contribution in [0.25, 0.3) is 10.9 Å². The molecule has 1 fully saturated rings. The first-order valence-corrected chi connectivity index (χ1v) is 7.84. The van der Waals surface area contributed by atoms with Crippen molar-refractivity contribution in [1.29, 1.82) is 0 Å². The molecule has 7 nitrogen and oxygen atoms in total. The van der Waals surface area contributed by atoms with Crippen molar-refractivity contribution < 1.29 is 4.79 Å². The Labute approximate surface area is 144 Å². The smallest absolute Gasteiger partial charge is 0.329 e. The second kappa shape index (κ2) is 8.12. The monoisotopic (exact) mass is 352 g/mol. The number of hydrogen-bond acceptors (Lipinski definition) is 4. The van der Waals surface area contributed by atoms with E-state index in [4.69, 9.17) is 0 Å². The molecule has 1 unspecified atom stereocenters. The number of carbonyl (C=O) groups is 1. The summed E-state index contributed by atoms with van der Waals surface area (Å²) in [6.45, 7) is 2.31. The first-order chi connectivity index (χ1) is 11.1. The van der Waals surface area contributed by atoms with Gasteiger partial charge in [-0.15, -0.1) is 12.4 Å². The van der Waals surface area contributed by atoms with E-state index < -0.39 is 11.2 Å². The Morgan fingerprint density at radius 2 is 2.08 bits per heavy atom. The minimum Gasteiger partial charge on any atom is -0.355 e. The highest BCUT2D eigenvalue weighted by Gasteiger charge is 2.15. The van der Waals surface area contributed by atoms with E-state index in [9.17, 15) is 14.4 Å². The van der Waals surface area contributed by atoms with Gasteiger partial charge < -0.3 is 15.6 Å². The number of nitrogens with zero attached hydrogens (tertiary/aromatic N) is 1. The molecule has 1 aliphatic heterocycles. The summed E-state index contributed by atoms with van der Waals surface area (Å²) >= 11 is 0. The number of amides is 1. The van der Waals surface area contributed by atoms with Gasteiger partial charge in [0.25, 0.3) is 5.56 Å². The van der Waals surface area contributed by atoms with Crippen LogP contribution in [-0.2, 0) is 11.3 Å². The van der Waals surface area contributed by atoms with Crippen LogP contribution >= 0.6 is 12.4 Å². The largest absolute Gasteiger partial charge is 0.355 e. The van der Waals surface area contributed by atoms with E-state index in [1.807, 2.05) is 0 Å². The molecule has 2 heterocycles. The van der Waals surface area contributed by atoms with E-state index in [2.05, 4.69) is 15.6 Å². The molecule has 0 radical (unpaired) electrons. The Kier molecular flexibility index (Phi) is 6.16. The Bertz CT molecular complexity index is 824. The van der Waals surface area contributed by atoms with Gasteiger partial charge in [-0.2, -0.15) is 0 Å². The van der Waals surface area contributed by atoms with Crippen molar-refractivity contribution in [3.05, 3.63) is 45.1 Å². The summed E-state index contributed by atoms with van der Waals surface area (Å²) in [6, 6.07) is 6.77. The Hall–Kier alpha value is -2.12. The first kappa shape index (κ1) is 18.2. The van der Waals surface area contributed by atoms with Crippen molar-refractivity contribution in [1.82, 2.24) is 20.2 Å². The molecule has 3 rings (SSSR count). The predicted octanol–water partition coefficient (Wildman–Crippen LogP) is 0.227. The van der Waals surface area contributed by atoms with Gasteiger partial charge in [0.1, 0.15) is 6.54 Å². The Morgan fingerprint density at radius 1 is 1.29 bits per heavy atom. The van der Waals surface area contributed by atoms with Gasteiger partial charge in [0, 0.05) is 6.54 Å². The zero-order valence-corrected chi connectivity index (χ0v) is 14.0. The Balaban J connectivity index is 0.00000208. The molecule has 0 aliphatic carbocycles. The van der Waals surface area contributed by atoms with Crippen LogP contribution in [0.15, 0.2) is 33.9 Å². The minimum absolute atomic E-state index is 0. The lowest BCUT2D eigenvalue weighted by Crippen LogP contribution is -2.41. The second-order valence-corrected chi connectivity index (χ2v) is 5.86. The summed E-state index contributed by atoms with van der Waals surface area (Å²) in [5.74, 6) is 0.265. The topological polar surface area (TPSA) is 96.0 Å². The van der Waals surface area contributed by atoms with Gasteiger partial charge in [0.05, 0.1) is 10.9 Å². The van der Waals surface area contributed by atoms with Crippen molar-refractivity contribution in [2.75, 3.05) is 19.6 Å². The first-order valence-electron chi connectivity index (χ1n) is 7.84. The number of carbonyl (C=O) groups excluding carboxylic acids is 1. The molecule has 8 heteroatoms. The number of aromatic nitrogens is 2. The number of aromatic amines is 1. The molecule has 1 aromatic carbocycles. The highest BCUT2D eigenvalue weighted by Crippen LogP contribution is 2.10. The number of rotatable bonds is 5. The van der Waals surface area contributed by atoms with E-state index in [-0.39, 0.29) is 24.9 Å². The van der Waals surface area contributed by atoms with Crippen LogP contribution < -0.4 is 21.9 Å². The summed E-state index contributed by atoms with van der Waals surface area (Å²) in [4.78, 5) is 38.9. The Morgan fingerprint density at radius 3 is 2.83 bits per heavy atom. The molecule has 0 bridgehead atoms. The third-order valence-corrected chi connectivity index (χ3v) is 4.23. The standard InChI is InChI=1S/C16H20N4O3.ClH/c21-14(18-8-6-11-5-7-17-9-11)10-20-15(22)12-3-1-2-4-13(12)19-16(20)23;/h1-4,11,17H,5-10H2,(H,18,21)(H,19,23);1H. The molecular formula is C16H21ClN4O3. The quantitative estimate of drug-likeness (QED) is 0.717. The van der Waals surface area contributed by atoms with Crippen LogP contribution in [0.5, 0.6) is 0 Å². The van der Waals surface area contributed by atoms with Gasteiger partial charge in [-0.3, -0.25) is 14.2 Å². The van der Waals surface area contributed by atoms with Crippen LogP contribution in [0.4, 0.5) is 0 Å². The molecule has 1 aliphatic rings. The number of hydrogen-bond donors (Lipinski definition) is 3. The summed E-state index contributed by atoms with van der Waals surface area (Å²) in [7, 11) is 0. The third-order valence-electron chi connectivity index (χ3n) is 4.23. The summed E-state index contributed by atoms with van der Waals surface area (Å²) in [5, 5.41) is 6.46. The van der Waals surface area contributed by atoms with Gasteiger partial charge in [-0.05, 0) is 44.0 Å². The minimum atomic E-state index is -0.566. The highest BCUT2D eigenvalue weighted by molar-refractivity contribution is 5.85. The molecule has 1 atom stereocenters. The average molecular weight is 353 g/mol. The number of fused-ring (bicyclic) bond motifs is 1. The fourth-order valence-corrected chi connectivity index (χ4v) is 2.92. The summed E-state index contributed by atoms with van der Waals surface area (Å²) < 4.78 is 0.939. The van der Waals surface area contributed by atoms with Gasteiger partial charge in [0.2, 0.25) is 5.91 Å². The number of H-pyrrole nitrogens is 1. The summed E-state index contributed by atoms with van der Waals surface area (Å²) in [5.41, 5.74) is -0.531. The SMILES string of the molecule is Cl.O=C(Cn1c(=O)[nH]c2ccccc2c1=O)NCCC1CCNC1. The third kappa shape index (κ3) is 4.04. The summed E-state index contributed by atoms with van der Waals surface area (Å²) in [6.07, 6.45) is 2.03.